The predicted molar refractivity (Wildman–Crippen MR) is 63.6 cm³/mol. The van der Waals surface area contributed by atoms with Gasteiger partial charge in [0.1, 0.15) is 0 Å². The van der Waals surface area contributed by atoms with E-state index >= 15 is 0 Å². The third kappa shape index (κ3) is 1.25. The summed E-state index contributed by atoms with van der Waals surface area (Å²) in [7, 11) is 0. The molecule has 86 valence electrons. The molecule has 1 nitrogen and oxygen atoms in total. The van der Waals surface area contributed by atoms with Gasteiger partial charge in [-0.1, -0.05) is 38.5 Å². The second-order valence-electron chi connectivity index (χ2n) is 6.37. The van der Waals surface area contributed by atoms with Crippen LogP contribution >= 0.6 is 0 Å². The number of nitrogens with two attached hydrogens (primary N) is 1. The Balaban J connectivity index is 1.84. The normalized spacial score (nSPS) is 37.8. The van der Waals surface area contributed by atoms with Crippen LogP contribution in [0.1, 0.15) is 70.6 Å². The van der Waals surface area contributed by atoms with Gasteiger partial charge in [-0.05, 0) is 42.9 Å². The Morgan fingerprint density at radius 1 is 0.733 bits per heavy atom. The van der Waals surface area contributed by atoms with Crippen LogP contribution in [0, 0.1) is 10.8 Å². The van der Waals surface area contributed by atoms with E-state index in [1.54, 1.807) is 0 Å². The van der Waals surface area contributed by atoms with E-state index < -0.39 is 0 Å². The lowest BCUT2D eigenvalue weighted by molar-refractivity contribution is -0.110. The summed E-state index contributed by atoms with van der Waals surface area (Å²) in [6.07, 6.45) is 16.1. The summed E-state index contributed by atoms with van der Waals surface area (Å²) >= 11 is 0. The highest BCUT2D eigenvalue weighted by Crippen LogP contribution is 2.68. The quantitative estimate of drug-likeness (QED) is 0.645. The first kappa shape index (κ1) is 10.1. The Morgan fingerprint density at radius 3 is 1.80 bits per heavy atom. The van der Waals surface area contributed by atoms with Crippen LogP contribution in [0.3, 0.4) is 0 Å². The third-order valence-electron chi connectivity index (χ3n) is 5.93. The van der Waals surface area contributed by atoms with Gasteiger partial charge in [-0.3, -0.25) is 0 Å². The van der Waals surface area contributed by atoms with Crippen molar-refractivity contribution in [2.45, 2.75) is 76.7 Å². The van der Waals surface area contributed by atoms with Gasteiger partial charge in [0.25, 0.3) is 0 Å². The Bertz CT molecular complexity index is 232. The lowest BCUT2D eigenvalue weighted by Gasteiger charge is -2.63. The zero-order valence-electron chi connectivity index (χ0n) is 9.93. The fraction of sp³-hybridized carbons (Fsp3) is 1.00. The molecule has 3 saturated carbocycles. The first-order chi connectivity index (χ1) is 7.29. The lowest BCUT2D eigenvalue weighted by Crippen LogP contribution is -2.63. The maximum absolute atomic E-state index is 6.38. The minimum absolute atomic E-state index is 0.554. The summed E-state index contributed by atoms with van der Waals surface area (Å²) in [6, 6.07) is 0.554. The van der Waals surface area contributed by atoms with Crippen LogP contribution in [0.4, 0.5) is 0 Å². The van der Waals surface area contributed by atoms with Gasteiger partial charge in [0.15, 0.2) is 0 Å². The molecule has 0 amide bonds. The van der Waals surface area contributed by atoms with E-state index in [-0.39, 0.29) is 0 Å². The number of hydrogen-bond acceptors (Lipinski definition) is 1. The topological polar surface area (TPSA) is 26.0 Å². The second kappa shape index (κ2) is 3.48. The van der Waals surface area contributed by atoms with E-state index in [1.807, 2.05) is 0 Å². The number of hydrogen-bond donors (Lipinski definition) is 1. The third-order valence-corrected chi connectivity index (χ3v) is 5.93. The molecule has 1 unspecified atom stereocenters. The Labute approximate surface area is 93.8 Å². The SMILES string of the molecule is NC1CC2(CCCCCC2)C12CCCC2. The standard InChI is InChI=1S/C14H25N/c15-12-11-13(7-3-1-2-4-8-13)14(12)9-5-6-10-14/h12H,1-11,15H2. The smallest absolute Gasteiger partial charge is 0.0106 e. The molecule has 3 aliphatic rings. The molecule has 1 atom stereocenters. The van der Waals surface area contributed by atoms with Gasteiger partial charge in [0, 0.05) is 6.04 Å². The molecule has 15 heavy (non-hydrogen) atoms. The molecular weight excluding hydrogens is 182 g/mol. The predicted octanol–water partition coefficient (Wildman–Crippen LogP) is 3.62. The first-order valence-corrected chi connectivity index (χ1v) is 7.05. The summed E-state index contributed by atoms with van der Waals surface area (Å²) in [5, 5.41) is 0. The van der Waals surface area contributed by atoms with E-state index in [2.05, 4.69) is 0 Å². The Morgan fingerprint density at radius 2 is 1.27 bits per heavy atom. The Hall–Kier alpha value is -0.0400. The molecule has 0 aromatic rings. The van der Waals surface area contributed by atoms with Gasteiger partial charge >= 0.3 is 0 Å². The van der Waals surface area contributed by atoms with E-state index in [1.165, 1.54) is 70.6 Å². The van der Waals surface area contributed by atoms with Crippen molar-refractivity contribution >= 4 is 0 Å². The molecule has 0 saturated heterocycles. The maximum atomic E-state index is 6.38. The average molecular weight is 207 g/mol. The molecule has 0 radical (unpaired) electrons. The molecule has 0 aromatic heterocycles. The molecule has 3 rings (SSSR count). The van der Waals surface area contributed by atoms with Crippen LogP contribution in [0.25, 0.3) is 0 Å². The first-order valence-electron chi connectivity index (χ1n) is 7.05. The molecule has 2 spiro atoms. The zero-order valence-corrected chi connectivity index (χ0v) is 9.93. The van der Waals surface area contributed by atoms with Crippen LogP contribution in [-0.4, -0.2) is 6.04 Å². The van der Waals surface area contributed by atoms with E-state index in [0.717, 1.165) is 0 Å². The van der Waals surface area contributed by atoms with Gasteiger partial charge in [-0.15, -0.1) is 0 Å². The van der Waals surface area contributed by atoms with Gasteiger partial charge in [0.2, 0.25) is 0 Å². The van der Waals surface area contributed by atoms with Crippen LogP contribution in [-0.2, 0) is 0 Å². The van der Waals surface area contributed by atoms with Gasteiger partial charge in [-0.25, -0.2) is 0 Å². The minimum atomic E-state index is 0.554. The second-order valence-corrected chi connectivity index (χ2v) is 6.37. The van der Waals surface area contributed by atoms with Crippen molar-refractivity contribution in [3.05, 3.63) is 0 Å². The van der Waals surface area contributed by atoms with Crippen LogP contribution in [0.15, 0.2) is 0 Å². The van der Waals surface area contributed by atoms with Crippen LogP contribution in [0.5, 0.6) is 0 Å². The molecule has 3 fully saturated rings. The summed E-state index contributed by atoms with van der Waals surface area (Å²) in [5.74, 6) is 0. The van der Waals surface area contributed by atoms with E-state index in [9.17, 15) is 0 Å². The molecule has 2 N–H and O–H groups in total. The molecule has 3 aliphatic carbocycles. The summed E-state index contributed by atoms with van der Waals surface area (Å²) in [5.41, 5.74) is 7.69. The highest BCUT2D eigenvalue weighted by atomic mass is 14.8. The number of rotatable bonds is 0. The van der Waals surface area contributed by atoms with E-state index in [0.29, 0.717) is 16.9 Å². The van der Waals surface area contributed by atoms with Crippen LogP contribution < -0.4 is 5.73 Å². The lowest BCUT2D eigenvalue weighted by atomic mass is 9.43. The highest BCUT2D eigenvalue weighted by molar-refractivity contribution is 5.15. The molecular formula is C14H25N. The van der Waals surface area contributed by atoms with Crippen molar-refractivity contribution in [1.82, 2.24) is 0 Å². The van der Waals surface area contributed by atoms with Crippen molar-refractivity contribution < 1.29 is 0 Å². The van der Waals surface area contributed by atoms with Crippen molar-refractivity contribution in [3.8, 4) is 0 Å². The van der Waals surface area contributed by atoms with Gasteiger partial charge < -0.3 is 5.73 Å². The molecule has 0 aliphatic heterocycles. The Kier molecular flexibility index (Phi) is 2.35. The number of fused-ring (bicyclic) bond motifs is 1. The fourth-order valence-corrected chi connectivity index (χ4v) is 5.10. The molecule has 0 aromatic carbocycles. The molecule has 0 heterocycles. The highest BCUT2D eigenvalue weighted by Gasteiger charge is 2.63. The van der Waals surface area contributed by atoms with Gasteiger partial charge in [0.05, 0.1) is 0 Å². The minimum Gasteiger partial charge on any atom is -0.327 e. The van der Waals surface area contributed by atoms with Crippen molar-refractivity contribution in [2.24, 2.45) is 16.6 Å². The van der Waals surface area contributed by atoms with Crippen LogP contribution in [0.2, 0.25) is 0 Å². The zero-order chi connectivity index (χ0) is 10.4. The van der Waals surface area contributed by atoms with Crippen molar-refractivity contribution in [1.29, 1.82) is 0 Å². The summed E-state index contributed by atoms with van der Waals surface area (Å²) < 4.78 is 0. The maximum Gasteiger partial charge on any atom is 0.0106 e. The largest absolute Gasteiger partial charge is 0.327 e. The van der Waals surface area contributed by atoms with Crippen molar-refractivity contribution in [2.75, 3.05) is 0 Å². The summed E-state index contributed by atoms with van der Waals surface area (Å²) in [6.45, 7) is 0. The van der Waals surface area contributed by atoms with Gasteiger partial charge in [-0.2, -0.15) is 0 Å². The monoisotopic (exact) mass is 207 g/mol. The van der Waals surface area contributed by atoms with E-state index in [4.69, 9.17) is 5.73 Å². The summed E-state index contributed by atoms with van der Waals surface area (Å²) in [4.78, 5) is 0. The van der Waals surface area contributed by atoms with Crippen molar-refractivity contribution in [3.63, 3.8) is 0 Å². The molecule has 1 heteroatoms. The average Bonchev–Trinajstić information content (AvgIpc) is 2.64. The molecule has 0 bridgehead atoms. The fourth-order valence-electron chi connectivity index (χ4n) is 5.10.